The molecule has 178 valence electrons. The predicted molar refractivity (Wildman–Crippen MR) is 134 cm³/mol. The van der Waals surface area contributed by atoms with Gasteiger partial charge in [0.15, 0.2) is 5.78 Å². The summed E-state index contributed by atoms with van der Waals surface area (Å²) in [5, 5.41) is 11.9. The van der Waals surface area contributed by atoms with Crippen LogP contribution >= 0.6 is 23.3 Å². The molecule has 4 aromatic rings. The van der Waals surface area contributed by atoms with E-state index in [0.29, 0.717) is 18.7 Å². The zero-order valence-corrected chi connectivity index (χ0v) is 20.7. The highest BCUT2D eigenvalue weighted by molar-refractivity contribution is 7.97. The Hall–Kier alpha value is -3.08. The molecule has 0 radical (unpaired) electrons. The molecule has 0 saturated carbocycles. The van der Waals surface area contributed by atoms with E-state index >= 15 is 0 Å². The molecule has 2 aliphatic rings. The van der Waals surface area contributed by atoms with Crippen LogP contribution in [0.3, 0.4) is 0 Å². The van der Waals surface area contributed by atoms with Crippen LogP contribution < -0.4 is 0 Å². The fraction of sp³-hybridized carbons (Fsp3) is 0.280. The van der Waals surface area contributed by atoms with Crippen LogP contribution in [0.15, 0.2) is 64.2 Å². The molecule has 7 nitrogen and oxygen atoms in total. The minimum Gasteiger partial charge on any atom is -0.291 e. The summed E-state index contributed by atoms with van der Waals surface area (Å²) in [5.41, 5.74) is 5.38. The quantitative estimate of drug-likeness (QED) is 0.274. The van der Waals surface area contributed by atoms with Crippen molar-refractivity contribution in [3.8, 4) is 5.69 Å². The number of benzene rings is 1. The molecule has 1 atom stereocenters. The minimum absolute atomic E-state index is 0.0551. The van der Waals surface area contributed by atoms with Crippen LogP contribution in [0.25, 0.3) is 11.8 Å². The summed E-state index contributed by atoms with van der Waals surface area (Å²) in [6, 6.07) is 8.33. The molecule has 6 rings (SSSR count). The van der Waals surface area contributed by atoms with E-state index < -0.39 is 5.41 Å². The van der Waals surface area contributed by atoms with E-state index in [-0.39, 0.29) is 11.6 Å². The second-order valence-corrected chi connectivity index (χ2v) is 10.6. The number of thiazole rings is 1. The van der Waals surface area contributed by atoms with Gasteiger partial charge in [-0.2, -0.15) is 10.2 Å². The maximum Gasteiger partial charge on any atom is 0.193 e. The van der Waals surface area contributed by atoms with E-state index in [4.69, 9.17) is 0 Å². The first-order valence-corrected chi connectivity index (χ1v) is 13.2. The molecule has 10 heteroatoms. The highest BCUT2D eigenvalue weighted by Crippen LogP contribution is 2.48. The topological polar surface area (TPSA) is 68.8 Å². The van der Waals surface area contributed by atoms with Gasteiger partial charge in [-0.3, -0.25) is 9.48 Å². The van der Waals surface area contributed by atoms with Gasteiger partial charge in [-0.1, -0.05) is 5.57 Å². The number of halogens is 1. The third-order valence-electron chi connectivity index (χ3n) is 6.75. The van der Waals surface area contributed by atoms with Crippen molar-refractivity contribution in [3.63, 3.8) is 0 Å². The molecular weight excluding hydrogens is 483 g/mol. The van der Waals surface area contributed by atoms with Crippen molar-refractivity contribution in [1.82, 2.24) is 28.9 Å². The normalized spacial score (nSPS) is 19.8. The number of hydrogen-bond donors (Lipinski definition) is 0. The number of Topliss-reactive ketones (excluding diaryl/α,β-unsaturated/α-hetero) is 1. The third kappa shape index (κ3) is 3.85. The van der Waals surface area contributed by atoms with Crippen LogP contribution in [0, 0.1) is 11.2 Å². The van der Waals surface area contributed by atoms with E-state index in [0.717, 1.165) is 47.1 Å². The third-order valence-corrected chi connectivity index (χ3v) is 8.44. The smallest absolute Gasteiger partial charge is 0.193 e. The lowest BCUT2D eigenvalue weighted by Crippen LogP contribution is -2.49. The van der Waals surface area contributed by atoms with E-state index in [1.54, 1.807) is 29.6 Å². The Kier molecular flexibility index (Phi) is 5.66. The molecule has 4 heterocycles. The van der Waals surface area contributed by atoms with Crippen molar-refractivity contribution in [2.75, 3.05) is 13.1 Å². The number of aromatic nitrogens is 5. The van der Waals surface area contributed by atoms with Gasteiger partial charge in [-0.05, 0) is 73.7 Å². The summed E-state index contributed by atoms with van der Waals surface area (Å²) < 4.78 is 19.6. The maximum atomic E-state index is 14.0. The van der Waals surface area contributed by atoms with Crippen molar-refractivity contribution in [2.24, 2.45) is 5.41 Å². The average molecular weight is 507 g/mol. The van der Waals surface area contributed by atoms with Crippen molar-refractivity contribution < 1.29 is 9.18 Å². The van der Waals surface area contributed by atoms with Gasteiger partial charge in [0.1, 0.15) is 16.5 Å². The number of nitrogens with zero attached hydrogens (tertiary/aromatic N) is 6. The van der Waals surface area contributed by atoms with Crippen molar-refractivity contribution >= 4 is 35.1 Å². The zero-order chi connectivity index (χ0) is 24.0. The van der Waals surface area contributed by atoms with Gasteiger partial charge in [0.25, 0.3) is 0 Å². The van der Waals surface area contributed by atoms with E-state index in [9.17, 15) is 9.18 Å². The van der Waals surface area contributed by atoms with Gasteiger partial charge in [0.05, 0.1) is 34.7 Å². The van der Waals surface area contributed by atoms with Gasteiger partial charge in [-0.25, -0.2) is 18.4 Å². The Morgan fingerprint density at radius 1 is 1.23 bits per heavy atom. The summed E-state index contributed by atoms with van der Waals surface area (Å²) >= 11 is 3.09. The Morgan fingerprint density at radius 3 is 2.86 bits per heavy atom. The Balaban J connectivity index is 1.39. The average Bonchev–Trinajstić information content (AvgIpc) is 3.64. The Bertz CT molecular complexity index is 1410. The highest BCUT2D eigenvalue weighted by Gasteiger charge is 2.49. The first kappa shape index (κ1) is 22.4. The largest absolute Gasteiger partial charge is 0.291 e. The van der Waals surface area contributed by atoms with Crippen molar-refractivity contribution in [1.29, 1.82) is 0 Å². The van der Waals surface area contributed by atoms with Crippen LogP contribution in [0.1, 0.15) is 35.1 Å². The first-order chi connectivity index (χ1) is 17.1. The van der Waals surface area contributed by atoms with Crippen LogP contribution in [0.2, 0.25) is 0 Å². The summed E-state index contributed by atoms with van der Waals surface area (Å²) in [4.78, 5) is 18.4. The number of piperidine rings is 1. The van der Waals surface area contributed by atoms with Crippen molar-refractivity contribution in [3.05, 3.63) is 82.0 Å². The molecule has 1 fully saturated rings. The molecule has 0 spiro atoms. The molecule has 35 heavy (non-hydrogen) atoms. The lowest BCUT2D eigenvalue weighted by atomic mass is 9.65. The van der Waals surface area contributed by atoms with E-state index in [2.05, 4.69) is 32.5 Å². The molecule has 0 amide bonds. The van der Waals surface area contributed by atoms with Gasteiger partial charge < -0.3 is 0 Å². The fourth-order valence-electron chi connectivity index (χ4n) is 5.02. The molecule has 0 N–H and O–H groups in total. The SMILES string of the molecule is CCn1nccc1SN1CCC2=Cc3c(cnn3-c3ccc(F)cc3)CC2(C(=O)c2cscn2)C1. The molecule has 1 unspecified atom stereocenters. The lowest BCUT2D eigenvalue weighted by molar-refractivity contribution is 0.0776. The summed E-state index contributed by atoms with van der Waals surface area (Å²) in [7, 11) is 0. The number of hydrogen-bond acceptors (Lipinski definition) is 7. The first-order valence-electron chi connectivity index (χ1n) is 11.5. The zero-order valence-electron chi connectivity index (χ0n) is 19.1. The summed E-state index contributed by atoms with van der Waals surface area (Å²) in [5.74, 6) is -0.227. The second-order valence-electron chi connectivity index (χ2n) is 8.76. The van der Waals surface area contributed by atoms with Gasteiger partial charge >= 0.3 is 0 Å². The summed E-state index contributed by atoms with van der Waals surface area (Å²) in [6.07, 6.45) is 7.08. The number of fused-ring (bicyclic) bond motifs is 2. The predicted octanol–water partition coefficient (Wildman–Crippen LogP) is 4.91. The Labute approximate surface area is 210 Å². The standard InChI is InChI=1S/C25H23FN6OS2/c1-2-31-23(7-9-28-31)35-30-10-8-18-11-22-17(13-29-32(22)20-5-3-19(26)4-6-20)12-25(18,15-30)24(33)21-14-34-16-27-21/h3-7,9,11,13-14,16H,2,8,10,12,15H2,1H3. The van der Waals surface area contributed by atoms with Crippen LogP contribution in [-0.4, -0.2) is 47.7 Å². The molecule has 3 aromatic heterocycles. The minimum atomic E-state index is -0.708. The molecule has 1 saturated heterocycles. The molecular formula is C25H23FN6OS2. The number of carbonyl (C=O) groups is 1. The summed E-state index contributed by atoms with van der Waals surface area (Å²) in [6.45, 7) is 4.26. The monoisotopic (exact) mass is 506 g/mol. The van der Waals surface area contributed by atoms with Crippen LogP contribution in [-0.2, 0) is 13.0 Å². The number of ketones is 1. The van der Waals surface area contributed by atoms with Gasteiger partial charge in [0.2, 0.25) is 0 Å². The Morgan fingerprint density at radius 2 is 2.09 bits per heavy atom. The molecule has 1 aliphatic heterocycles. The number of rotatable bonds is 6. The number of carbonyl (C=O) groups excluding carboxylic acids is 1. The van der Waals surface area contributed by atoms with Crippen molar-refractivity contribution in [2.45, 2.75) is 31.3 Å². The fourth-order valence-corrected chi connectivity index (χ4v) is 6.68. The molecule has 1 aromatic carbocycles. The second kappa shape index (κ2) is 8.85. The molecule has 1 aliphatic carbocycles. The van der Waals surface area contributed by atoms with E-state index in [1.807, 2.05) is 33.2 Å². The van der Waals surface area contributed by atoms with Gasteiger partial charge in [-0.15, -0.1) is 11.3 Å². The van der Waals surface area contributed by atoms with Crippen LogP contribution in [0.5, 0.6) is 0 Å². The van der Waals surface area contributed by atoms with Crippen LogP contribution in [0.4, 0.5) is 4.39 Å². The highest BCUT2D eigenvalue weighted by atomic mass is 32.2. The maximum absolute atomic E-state index is 14.0. The number of aryl methyl sites for hydroxylation is 1. The lowest BCUT2D eigenvalue weighted by Gasteiger charge is -2.44. The molecule has 0 bridgehead atoms. The van der Waals surface area contributed by atoms with Gasteiger partial charge in [0, 0.05) is 25.0 Å². The van der Waals surface area contributed by atoms with E-state index in [1.165, 1.54) is 23.5 Å².